The number of carboxylic acids is 1. The molecule has 25 heavy (non-hydrogen) atoms. The van der Waals surface area contributed by atoms with Gasteiger partial charge in [0, 0.05) is 25.2 Å². The van der Waals surface area contributed by atoms with Crippen LogP contribution in [0.5, 0.6) is 0 Å². The van der Waals surface area contributed by atoms with Crippen molar-refractivity contribution in [2.75, 3.05) is 26.2 Å². The number of rotatable bonds is 4. The van der Waals surface area contributed by atoms with Crippen molar-refractivity contribution in [2.24, 2.45) is 5.41 Å². The zero-order valence-electron chi connectivity index (χ0n) is 15.2. The molecule has 1 N–H and O–H groups in total. The summed E-state index contributed by atoms with van der Waals surface area (Å²) in [7, 11) is 0. The first kappa shape index (κ1) is 17.9. The molecule has 3 rings (SSSR count). The van der Waals surface area contributed by atoms with Crippen molar-refractivity contribution in [2.45, 2.75) is 45.6 Å². The molecule has 1 aromatic carbocycles. The second-order valence-corrected chi connectivity index (χ2v) is 7.69. The molecular formula is C20H28N2O3. The number of hydrogen-bond donors (Lipinski definition) is 1. The van der Waals surface area contributed by atoms with Crippen molar-refractivity contribution in [3.63, 3.8) is 0 Å². The van der Waals surface area contributed by atoms with E-state index >= 15 is 0 Å². The molecule has 1 unspecified atom stereocenters. The lowest BCUT2D eigenvalue weighted by Gasteiger charge is -2.39. The van der Waals surface area contributed by atoms with Crippen molar-refractivity contribution in [1.29, 1.82) is 0 Å². The van der Waals surface area contributed by atoms with Crippen LogP contribution in [0.25, 0.3) is 0 Å². The molecule has 2 aliphatic heterocycles. The second-order valence-electron chi connectivity index (χ2n) is 7.69. The number of carbonyl (C=O) groups is 2. The number of aliphatic carboxylic acids is 1. The first-order valence-electron chi connectivity index (χ1n) is 9.27. The molecule has 1 amide bonds. The maximum atomic E-state index is 12.7. The molecule has 0 radical (unpaired) electrons. The Morgan fingerprint density at radius 2 is 1.84 bits per heavy atom. The average molecular weight is 344 g/mol. The first-order valence-corrected chi connectivity index (χ1v) is 9.27. The van der Waals surface area contributed by atoms with Gasteiger partial charge in [-0.25, -0.2) is 0 Å². The molecule has 2 heterocycles. The van der Waals surface area contributed by atoms with Crippen molar-refractivity contribution in [1.82, 2.24) is 9.80 Å². The highest BCUT2D eigenvalue weighted by Crippen LogP contribution is 2.43. The number of hydrogen-bond acceptors (Lipinski definition) is 3. The third-order valence-corrected chi connectivity index (χ3v) is 5.81. The number of benzene rings is 1. The zero-order chi connectivity index (χ0) is 18.0. The summed E-state index contributed by atoms with van der Waals surface area (Å²) in [6.07, 6.45) is 3.48. The Hall–Kier alpha value is -1.88. The monoisotopic (exact) mass is 344 g/mol. The number of amides is 1. The Morgan fingerprint density at radius 1 is 1.20 bits per heavy atom. The number of nitrogens with zero attached hydrogens (tertiary/aromatic N) is 2. The third-order valence-electron chi connectivity index (χ3n) is 5.81. The molecule has 1 atom stereocenters. The van der Waals surface area contributed by atoms with Crippen LogP contribution in [-0.4, -0.2) is 59.0 Å². The average Bonchev–Trinajstić information content (AvgIpc) is 2.94. The summed E-state index contributed by atoms with van der Waals surface area (Å²) >= 11 is 0. The summed E-state index contributed by atoms with van der Waals surface area (Å²) < 4.78 is 0. The van der Waals surface area contributed by atoms with E-state index in [4.69, 9.17) is 0 Å². The Bertz CT molecular complexity index is 633. The number of piperidine rings is 1. The molecule has 136 valence electrons. The summed E-state index contributed by atoms with van der Waals surface area (Å²) in [6.45, 7) is 7.24. The van der Waals surface area contributed by atoms with Gasteiger partial charge >= 0.3 is 5.97 Å². The van der Waals surface area contributed by atoms with E-state index in [1.54, 1.807) is 0 Å². The van der Waals surface area contributed by atoms with E-state index in [0.717, 1.165) is 63.0 Å². The van der Waals surface area contributed by atoms with E-state index in [1.165, 1.54) is 0 Å². The molecule has 2 saturated heterocycles. The molecule has 1 aromatic rings. The molecule has 5 nitrogen and oxygen atoms in total. The first-order chi connectivity index (χ1) is 11.9. The fourth-order valence-corrected chi connectivity index (χ4v) is 4.34. The van der Waals surface area contributed by atoms with E-state index in [2.05, 4.69) is 11.8 Å². The Balaban J connectivity index is 1.64. The van der Waals surface area contributed by atoms with Crippen LogP contribution >= 0.6 is 0 Å². The summed E-state index contributed by atoms with van der Waals surface area (Å²) in [5.74, 6) is -0.614. The molecule has 1 spiro atoms. The van der Waals surface area contributed by atoms with Gasteiger partial charge < -0.3 is 10.0 Å². The molecular weight excluding hydrogens is 316 g/mol. The van der Waals surface area contributed by atoms with Crippen molar-refractivity contribution < 1.29 is 14.7 Å². The molecule has 0 aliphatic carbocycles. The minimum Gasteiger partial charge on any atom is -0.480 e. The standard InChI is InChI=1S/C20H28N2O3/c1-3-10-22-14-20(13-17(22)19(24)25)8-11-21(12-9-20)18(23)16-6-4-15(2)5-7-16/h4-7,17H,3,8-14H2,1-2H3,(H,24,25). The van der Waals surface area contributed by atoms with Gasteiger partial charge in [-0.3, -0.25) is 14.5 Å². The summed E-state index contributed by atoms with van der Waals surface area (Å²) in [5, 5.41) is 9.53. The smallest absolute Gasteiger partial charge is 0.320 e. The van der Waals surface area contributed by atoms with Crippen LogP contribution < -0.4 is 0 Å². The van der Waals surface area contributed by atoms with Crippen LogP contribution in [-0.2, 0) is 4.79 Å². The van der Waals surface area contributed by atoms with Crippen LogP contribution in [0, 0.1) is 12.3 Å². The highest BCUT2D eigenvalue weighted by molar-refractivity contribution is 5.94. The highest BCUT2D eigenvalue weighted by atomic mass is 16.4. The van der Waals surface area contributed by atoms with Gasteiger partial charge in [0.15, 0.2) is 0 Å². The lowest BCUT2D eigenvalue weighted by molar-refractivity contribution is -0.142. The largest absolute Gasteiger partial charge is 0.480 e. The number of carbonyl (C=O) groups excluding carboxylic acids is 1. The molecule has 2 fully saturated rings. The zero-order valence-corrected chi connectivity index (χ0v) is 15.2. The van der Waals surface area contributed by atoms with Gasteiger partial charge in [-0.2, -0.15) is 0 Å². The van der Waals surface area contributed by atoms with E-state index in [1.807, 2.05) is 36.1 Å². The third kappa shape index (κ3) is 3.71. The fraction of sp³-hybridized carbons (Fsp3) is 0.600. The van der Waals surface area contributed by atoms with E-state index in [0.29, 0.717) is 0 Å². The maximum absolute atomic E-state index is 12.7. The molecule has 5 heteroatoms. The highest BCUT2D eigenvalue weighted by Gasteiger charge is 2.48. The topological polar surface area (TPSA) is 60.9 Å². The number of likely N-dealkylation sites (tertiary alicyclic amines) is 2. The van der Waals surface area contributed by atoms with Gasteiger partial charge in [0.25, 0.3) is 5.91 Å². The van der Waals surface area contributed by atoms with Gasteiger partial charge in [0.05, 0.1) is 0 Å². The van der Waals surface area contributed by atoms with Crippen LogP contribution in [0.1, 0.15) is 48.5 Å². The van der Waals surface area contributed by atoms with E-state index in [9.17, 15) is 14.7 Å². The lowest BCUT2D eigenvalue weighted by atomic mass is 9.76. The van der Waals surface area contributed by atoms with Gasteiger partial charge in [-0.1, -0.05) is 24.6 Å². The second kappa shape index (κ2) is 7.16. The predicted octanol–water partition coefficient (Wildman–Crippen LogP) is 2.79. The maximum Gasteiger partial charge on any atom is 0.320 e. The lowest BCUT2D eigenvalue weighted by Crippen LogP contribution is -2.44. The normalized spacial score (nSPS) is 23.1. The van der Waals surface area contributed by atoms with Crippen LogP contribution in [0.2, 0.25) is 0 Å². The van der Waals surface area contributed by atoms with Gasteiger partial charge in [-0.05, 0) is 56.7 Å². The minimum atomic E-state index is -0.705. The Kier molecular flexibility index (Phi) is 5.13. The summed E-state index contributed by atoms with van der Waals surface area (Å²) in [6, 6.07) is 7.35. The molecule has 0 saturated carbocycles. The van der Waals surface area contributed by atoms with Gasteiger partial charge in [0.2, 0.25) is 0 Å². The van der Waals surface area contributed by atoms with Crippen molar-refractivity contribution >= 4 is 11.9 Å². The fourth-order valence-electron chi connectivity index (χ4n) is 4.34. The molecule has 2 aliphatic rings. The van der Waals surface area contributed by atoms with Crippen molar-refractivity contribution in [3.8, 4) is 0 Å². The van der Waals surface area contributed by atoms with Gasteiger partial charge in [0.1, 0.15) is 6.04 Å². The van der Waals surface area contributed by atoms with E-state index in [-0.39, 0.29) is 17.4 Å². The predicted molar refractivity (Wildman–Crippen MR) is 96.7 cm³/mol. The van der Waals surface area contributed by atoms with E-state index < -0.39 is 5.97 Å². The molecule has 0 aromatic heterocycles. The quantitative estimate of drug-likeness (QED) is 0.912. The SMILES string of the molecule is CCCN1CC2(CCN(C(=O)c3ccc(C)cc3)CC2)CC1C(=O)O. The number of carboxylic acid groups (broad SMARTS) is 1. The van der Waals surface area contributed by atoms with Crippen molar-refractivity contribution in [3.05, 3.63) is 35.4 Å². The Labute approximate surface area is 149 Å². The van der Waals surface area contributed by atoms with Gasteiger partial charge in [-0.15, -0.1) is 0 Å². The van der Waals surface area contributed by atoms with Crippen LogP contribution in [0.3, 0.4) is 0 Å². The minimum absolute atomic E-state index is 0.0578. The Morgan fingerprint density at radius 3 is 2.40 bits per heavy atom. The van der Waals surface area contributed by atoms with Crippen LogP contribution in [0.4, 0.5) is 0 Å². The molecule has 0 bridgehead atoms. The van der Waals surface area contributed by atoms with Crippen LogP contribution in [0.15, 0.2) is 24.3 Å². The summed E-state index contributed by atoms with van der Waals surface area (Å²) in [4.78, 5) is 28.3. The summed E-state index contributed by atoms with van der Waals surface area (Å²) in [5.41, 5.74) is 1.95. The number of aryl methyl sites for hydroxylation is 1.